The average Bonchev–Trinajstić information content (AvgIpc) is 2.97. The quantitative estimate of drug-likeness (QED) is 0.471. The van der Waals surface area contributed by atoms with Crippen molar-refractivity contribution in [1.29, 1.82) is 0 Å². The van der Waals surface area contributed by atoms with Gasteiger partial charge in [0.15, 0.2) is 16.3 Å². The molecule has 6 nitrogen and oxygen atoms in total. The molecule has 0 saturated carbocycles. The summed E-state index contributed by atoms with van der Waals surface area (Å²) in [4.78, 5) is 31.3. The van der Waals surface area contributed by atoms with E-state index in [4.69, 9.17) is 0 Å². The largest absolute Gasteiger partial charge is 0.329 e. The van der Waals surface area contributed by atoms with E-state index in [1.54, 1.807) is 18.8 Å². The number of nitrogens with one attached hydrogen (secondary N) is 1. The molecule has 0 aliphatic heterocycles. The Labute approximate surface area is 159 Å². The molecule has 2 aromatic heterocycles. The van der Waals surface area contributed by atoms with Crippen molar-refractivity contribution in [2.45, 2.75) is 89.1 Å². The minimum Gasteiger partial charge on any atom is -0.313 e. The van der Waals surface area contributed by atoms with Crippen molar-refractivity contribution < 1.29 is 0 Å². The highest BCUT2D eigenvalue weighted by molar-refractivity contribution is 7.99. The third-order valence-electron chi connectivity index (χ3n) is 4.84. The maximum absolute atomic E-state index is 12.4. The number of aromatic nitrogens is 4. The number of hydrogen-bond acceptors (Lipinski definition) is 4. The van der Waals surface area contributed by atoms with Crippen LogP contribution in [-0.4, -0.2) is 24.4 Å². The predicted molar refractivity (Wildman–Crippen MR) is 109 cm³/mol. The predicted octanol–water partition coefficient (Wildman–Crippen LogP) is 4.06. The average molecular weight is 381 g/mol. The van der Waals surface area contributed by atoms with Crippen molar-refractivity contribution in [2.24, 2.45) is 7.05 Å². The molecule has 0 amide bonds. The number of aromatic amines is 1. The first-order valence-corrected chi connectivity index (χ1v) is 10.7. The number of nitrogens with zero attached hydrogens (tertiary/aromatic N) is 3. The van der Waals surface area contributed by atoms with Crippen molar-refractivity contribution in [3.05, 3.63) is 20.8 Å². The van der Waals surface area contributed by atoms with Crippen molar-refractivity contribution in [3.63, 3.8) is 0 Å². The molecule has 26 heavy (non-hydrogen) atoms. The molecule has 2 rings (SSSR count). The van der Waals surface area contributed by atoms with E-state index in [1.807, 2.05) is 4.57 Å². The topological polar surface area (TPSA) is 72.7 Å². The third-order valence-corrected chi connectivity index (χ3v) is 6.10. The molecule has 0 fully saturated rings. The van der Waals surface area contributed by atoms with Gasteiger partial charge in [0.25, 0.3) is 5.56 Å². The van der Waals surface area contributed by atoms with Gasteiger partial charge in [0.2, 0.25) is 0 Å². The summed E-state index contributed by atoms with van der Waals surface area (Å²) < 4.78 is 3.44. The fourth-order valence-electron chi connectivity index (χ4n) is 3.00. The van der Waals surface area contributed by atoms with Gasteiger partial charge in [0, 0.05) is 18.8 Å². The van der Waals surface area contributed by atoms with E-state index in [9.17, 15) is 9.59 Å². The Kier molecular flexibility index (Phi) is 8.00. The highest BCUT2D eigenvalue weighted by Crippen LogP contribution is 2.27. The molecule has 0 aliphatic rings. The Bertz CT molecular complexity index is 821. The zero-order chi connectivity index (χ0) is 19.1. The first-order chi connectivity index (χ1) is 12.5. The summed E-state index contributed by atoms with van der Waals surface area (Å²) in [5.74, 6) is 0. The van der Waals surface area contributed by atoms with Crippen LogP contribution < -0.4 is 11.2 Å². The van der Waals surface area contributed by atoms with Crippen LogP contribution in [0.4, 0.5) is 0 Å². The Balaban J connectivity index is 2.21. The Morgan fingerprint density at radius 3 is 2.38 bits per heavy atom. The fraction of sp³-hybridized carbons (Fsp3) is 0.737. The molecule has 0 radical (unpaired) electrons. The number of fused-ring (bicyclic) bond motifs is 1. The summed E-state index contributed by atoms with van der Waals surface area (Å²) in [5.41, 5.74) is 0.245. The van der Waals surface area contributed by atoms with Crippen LogP contribution in [0.2, 0.25) is 0 Å². The lowest BCUT2D eigenvalue weighted by Crippen LogP contribution is -2.29. The second kappa shape index (κ2) is 10.00. The van der Waals surface area contributed by atoms with Crippen molar-refractivity contribution in [3.8, 4) is 0 Å². The molecule has 1 N–H and O–H groups in total. The van der Waals surface area contributed by atoms with Gasteiger partial charge in [-0.15, -0.1) is 0 Å². The van der Waals surface area contributed by atoms with E-state index in [0.717, 1.165) is 31.0 Å². The Morgan fingerprint density at radius 1 is 1.08 bits per heavy atom. The van der Waals surface area contributed by atoms with Crippen LogP contribution in [0.25, 0.3) is 11.2 Å². The van der Waals surface area contributed by atoms with Crippen LogP contribution in [0.3, 0.4) is 0 Å². The fourth-order valence-corrected chi connectivity index (χ4v) is 3.98. The van der Waals surface area contributed by atoms with Crippen LogP contribution >= 0.6 is 11.8 Å². The summed E-state index contributed by atoms with van der Waals surface area (Å²) in [6.07, 6.45) is 9.60. The molecule has 0 bridgehead atoms. The standard InChI is InChI=1S/C19H32N4O2S/c1-5-7-8-9-10-11-12-13-23-15-16(20-19(23)26-14(3)6-2)22(4)18(25)21-17(15)24/h14H,5-13H2,1-4H3,(H,21,24,25). The second-order valence-corrected chi connectivity index (χ2v) is 8.40. The summed E-state index contributed by atoms with van der Waals surface area (Å²) in [5, 5.41) is 1.25. The van der Waals surface area contributed by atoms with Crippen molar-refractivity contribution >= 4 is 22.9 Å². The van der Waals surface area contributed by atoms with Crippen LogP contribution in [0, 0.1) is 0 Å². The molecule has 0 aliphatic carbocycles. The van der Waals surface area contributed by atoms with Crippen LogP contribution in [0.5, 0.6) is 0 Å². The van der Waals surface area contributed by atoms with Gasteiger partial charge in [-0.1, -0.05) is 71.1 Å². The minimum absolute atomic E-state index is 0.338. The van der Waals surface area contributed by atoms with E-state index in [2.05, 4.69) is 30.7 Å². The molecule has 0 spiro atoms. The lowest BCUT2D eigenvalue weighted by atomic mass is 10.1. The minimum atomic E-state index is -0.414. The lowest BCUT2D eigenvalue weighted by Gasteiger charge is -2.11. The van der Waals surface area contributed by atoms with Gasteiger partial charge >= 0.3 is 5.69 Å². The monoisotopic (exact) mass is 380 g/mol. The summed E-state index contributed by atoms with van der Waals surface area (Å²) in [6.45, 7) is 7.30. The van der Waals surface area contributed by atoms with Crippen LogP contribution in [-0.2, 0) is 13.6 Å². The van der Waals surface area contributed by atoms with Gasteiger partial charge < -0.3 is 4.57 Å². The summed E-state index contributed by atoms with van der Waals surface area (Å²) in [6, 6.07) is 0. The maximum atomic E-state index is 12.4. The van der Waals surface area contributed by atoms with Crippen molar-refractivity contribution in [1.82, 2.24) is 19.1 Å². The number of unbranched alkanes of at least 4 members (excludes halogenated alkanes) is 6. The van der Waals surface area contributed by atoms with Gasteiger partial charge in [0.1, 0.15) is 0 Å². The highest BCUT2D eigenvalue weighted by atomic mass is 32.2. The van der Waals surface area contributed by atoms with Crippen LogP contribution in [0.1, 0.15) is 72.1 Å². The first-order valence-electron chi connectivity index (χ1n) is 9.85. The van der Waals surface area contributed by atoms with Crippen LogP contribution in [0.15, 0.2) is 14.7 Å². The number of H-pyrrole nitrogens is 1. The zero-order valence-corrected chi connectivity index (χ0v) is 17.3. The number of aryl methyl sites for hydroxylation is 2. The van der Waals surface area contributed by atoms with E-state index >= 15 is 0 Å². The summed E-state index contributed by atoms with van der Waals surface area (Å²) in [7, 11) is 1.66. The van der Waals surface area contributed by atoms with Gasteiger partial charge in [0.05, 0.1) is 0 Å². The Morgan fingerprint density at radius 2 is 1.73 bits per heavy atom. The molecule has 1 unspecified atom stereocenters. The Hall–Kier alpha value is -1.50. The van der Waals surface area contributed by atoms with Gasteiger partial charge in [-0.2, -0.15) is 0 Å². The molecular formula is C19H32N4O2S. The highest BCUT2D eigenvalue weighted by Gasteiger charge is 2.18. The lowest BCUT2D eigenvalue weighted by molar-refractivity contribution is 0.537. The SMILES string of the molecule is CCCCCCCCCn1c(SC(C)CC)nc2c1c(=O)[nH]c(=O)n2C. The molecular weight excluding hydrogens is 348 g/mol. The maximum Gasteiger partial charge on any atom is 0.329 e. The molecule has 1 atom stereocenters. The van der Waals surface area contributed by atoms with E-state index in [1.165, 1.54) is 36.7 Å². The summed E-state index contributed by atoms with van der Waals surface area (Å²) >= 11 is 1.68. The molecule has 7 heteroatoms. The molecule has 146 valence electrons. The molecule has 0 saturated heterocycles. The van der Waals surface area contributed by atoms with E-state index in [0.29, 0.717) is 16.4 Å². The zero-order valence-electron chi connectivity index (χ0n) is 16.5. The molecule has 2 aromatic rings. The van der Waals surface area contributed by atoms with E-state index in [-0.39, 0.29) is 5.56 Å². The second-order valence-electron chi connectivity index (χ2n) is 6.99. The third kappa shape index (κ3) is 5.02. The normalized spacial score (nSPS) is 12.8. The van der Waals surface area contributed by atoms with Crippen molar-refractivity contribution in [2.75, 3.05) is 0 Å². The number of imidazole rings is 1. The van der Waals surface area contributed by atoms with Gasteiger partial charge in [-0.3, -0.25) is 14.3 Å². The van der Waals surface area contributed by atoms with Gasteiger partial charge in [-0.25, -0.2) is 9.78 Å². The molecule has 2 heterocycles. The number of thioether (sulfide) groups is 1. The first kappa shape index (κ1) is 20.8. The van der Waals surface area contributed by atoms with E-state index < -0.39 is 5.69 Å². The number of rotatable bonds is 11. The smallest absolute Gasteiger partial charge is 0.313 e. The van der Waals surface area contributed by atoms with Gasteiger partial charge in [-0.05, 0) is 12.8 Å². The number of hydrogen-bond donors (Lipinski definition) is 1. The molecule has 0 aromatic carbocycles.